The molecule has 1 heterocycles. The molecule has 1 aliphatic rings. The summed E-state index contributed by atoms with van der Waals surface area (Å²) in [5.74, 6) is 1.14. The summed E-state index contributed by atoms with van der Waals surface area (Å²) in [6.45, 7) is 0.956. The Hall–Kier alpha value is -2.21. The number of hydrogen-bond acceptors (Lipinski definition) is 4. The first kappa shape index (κ1) is 13.8. The Morgan fingerprint density at radius 2 is 2.10 bits per heavy atom. The number of nitrogens with one attached hydrogen (secondary N) is 2. The average Bonchev–Trinajstić information content (AvgIpc) is 3.15. The second-order valence-electron chi connectivity index (χ2n) is 5.52. The summed E-state index contributed by atoms with van der Waals surface area (Å²) in [7, 11) is 1.94. The molecule has 1 amide bonds. The van der Waals surface area contributed by atoms with E-state index in [0.717, 1.165) is 23.3 Å². The molecule has 21 heavy (non-hydrogen) atoms. The summed E-state index contributed by atoms with van der Waals surface area (Å²) < 4.78 is 5.64. The molecule has 3 rings (SSSR count). The summed E-state index contributed by atoms with van der Waals surface area (Å²) in [6.07, 6.45) is 2.21. The minimum atomic E-state index is 0.0813. The van der Waals surface area contributed by atoms with Crippen molar-refractivity contribution in [1.82, 2.24) is 15.5 Å². The minimum absolute atomic E-state index is 0.0813. The van der Waals surface area contributed by atoms with Crippen LogP contribution in [-0.2, 0) is 11.3 Å². The van der Waals surface area contributed by atoms with Gasteiger partial charge in [-0.25, -0.2) is 0 Å². The molecule has 110 valence electrons. The van der Waals surface area contributed by atoms with Gasteiger partial charge in [0, 0.05) is 11.6 Å². The normalized spacial score (nSPS) is 15.7. The van der Waals surface area contributed by atoms with Crippen LogP contribution in [0.15, 0.2) is 34.7 Å². The van der Waals surface area contributed by atoms with Crippen LogP contribution in [0.3, 0.4) is 0 Å². The molecule has 0 bridgehead atoms. The van der Waals surface area contributed by atoms with Crippen molar-refractivity contribution >= 4 is 5.91 Å². The van der Waals surface area contributed by atoms with Crippen molar-refractivity contribution in [2.24, 2.45) is 0 Å². The lowest BCUT2D eigenvalue weighted by Gasteiger charge is -2.11. The Labute approximate surface area is 123 Å². The lowest BCUT2D eigenvalue weighted by molar-refractivity contribution is -0.886. The molecular weight excluding hydrogens is 268 g/mol. The number of hydrogen-bond donors (Lipinski definition) is 2. The molecule has 0 saturated heterocycles. The van der Waals surface area contributed by atoms with Gasteiger partial charge in [0.2, 0.25) is 5.89 Å². The molecule has 1 atom stereocenters. The van der Waals surface area contributed by atoms with Crippen LogP contribution in [0.1, 0.15) is 18.7 Å². The highest BCUT2D eigenvalue weighted by Gasteiger charge is 2.24. The van der Waals surface area contributed by atoms with Gasteiger partial charge < -0.3 is 14.6 Å². The Morgan fingerprint density at radius 1 is 1.33 bits per heavy atom. The van der Waals surface area contributed by atoms with E-state index in [1.807, 2.05) is 37.4 Å². The predicted octanol–water partition coefficient (Wildman–Crippen LogP) is 0.0299. The van der Waals surface area contributed by atoms with Crippen molar-refractivity contribution in [1.29, 1.82) is 0 Å². The fourth-order valence-corrected chi connectivity index (χ4v) is 2.12. The topological polar surface area (TPSA) is 72.5 Å². The van der Waals surface area contributed by atoms with E-state index < -0.39 is 0 Å². The molecule has 2 N–H and O–H groups in total. The van der Waals surface area contributed by atoms with E-state index in [-0.39, 0.29) is 5.91 Å². The standard InChI is InChI=1S/C15H18N4O2/c1-19(9-13(20)16-12-7-8-12)10-14-17-18-15(21-14)11-5-3-2-4-6-11/h2-6,12H,7-10H2,1H3,(H,16,20)/p+1. The third-order valence-electron chi connectivity index (χ3n) is 3.35. The first-order valence-corrected chi connectivity index (χ1v) is 7.19. The zero-order valence-electron chi connectivity index (χ0n) is 12.0. The van der Waals surface area contributed by atoms with Crippen LogP contribution in [0.5, 0.6) is 0 Å². The highest BCUT2D eigenvalue weighted by Crippen LogP contribution is 2.18. The van der Waals surface area contributed by atoms with E-state index in [9.17, 15) is 4.79 Å². The summed E-state index contributed by atoms with van der Waals surface area (Å²) in [5, 5.41) is 11.1. The second-order valence-corrected chi connectivity index (χ2v) is 5.52. The van der Waals surface area contributed by atoms with Gasteiger partial charge in [-0.2, -0.15) is 0 Å². The molecule has 1 aliphatic carbocycles. The van der Waals surface area contributed by atoms with Crippen molar-refractivity contribution < 1.29 is 14.1 Å². The van der Waals surface area contributed by atoms with E-state index >= 15 is 0 Å². The largest absolute Gasteiger partial charge is 0.415 e. The monoisotopic (exact) mass is 287 g/mol. The molecule has 1 aromatic carbocycles. The number of carbonyl (C=O) groups is 1. The van der Waals surface area contributed by atoms with E-state index in [1.54, 1.807) is 0 Å². The lowest BCUT2D eigenvalue weighted by atomic mass is 10.2. The van der Waals surface area contributed by atoms with Gasteiger partial charge >= 0.3 is 0 Å². The molecular formula is C15H19N4O2+. The summed E-state index contributed by atoms with van der Waals surface area (Å²) >= 11 is 0. The van der Waals surface area contributed by atoms with Gasteiger partial charge in [-0.3, -0.25) is 4.79 Å². The van der Waals surface area contributed by atoms with Crippen molar-refractivity contribution in [3.8, 4) is 11.5 Å². The Bertz CT molecular complexity index is 607. The van der Waals surface area contributed by atoms with Crippen LogP contribution in [0.25, 0.3) is 11.5 Å². The molecule has 1 unspecified atom stereocenters. The first-order chi connectivity index (χ1) is 10.2. The van der Waals surface area contributed by atoms with Gasteiger partial charge in [0.1, 0.15) is 0 Å². The van der Waals surface area contributed by atoms with Crippen LogP contribution in [0.2, 0.25) is 0 Å². The van der Waals surface area contributed by atoms with Gasteiger partial charge in [0.05, 0.1) is 7.05 Å². The third-order valence-corrected chi connectivity index (χ3v) is 3.35. The van der Waals surface area contributed by atoms with Crippen LogP contribution in [-0.4, -0.2) is 35.7 Å². The zero-order chi connectivity index (χ0) is 14.7. The lowest BCUT2D eigenvalue weighted by Crippen LogP contribution is -3.09. The van der Waals surface area contributed by atoms with Crippen LogP contribution >= 0.6 is 0 Å². The number of nitrogens with zero attached hydrogens (tertiary/aromatic N) is 2. The Kier molecular flexibility index (Phi) is 3.96. The molecule has 1 saturated carbocycles. The Morgan fingerprint density at radius 3 is 2.81 bits per heavy atom. The maximum Gasteiger partial charge on any atom is 0.275 e. The molecule has 0 radical (unpaired) electrons. The summed E-state index contributed by atoms with van der Waals surface area (Å²) in [5.41, 5.74) is 0.903. The zero-order valence-corrected chi connectivity index (χ0v) is 12.0. The SMILES string of the molecule is C[NH+](CC(=O)NC1CC1)Cc1nnc(-c2ccccc2)o1. The molecule has 1 fully saturated rings. The van der Waals surface area contributed by atoms with Gasteiger partial charge in [-0.1, -0.05) is 18.2 Å². The van der Waals surface area contributed by atoms with E-state index in [0.29, 0.717) is 30.9 Å². The highest BCUT2D eigenvalue weighted by molar-refractivity contribution is 5.77. The van der Waals surface area contributed by atoms with Crippen molar-refractivity contribution in [2.45, 2.75) is 25.4 Å². The fourth-order valence-electron chi connectivity index (χ4n) is 2.12. The number of likely N-dealkylation sites (N-methyl/N-ethyl adjacent to an activating group) is 1. The van der Waals surface area contributed by atoms with Gasteiger partial charge in [-0.15, -0.1) is 10.2 Å². The van der Waals surface area contributed by atoms with Gasteiger partial charge in [0.25, 0.3) is 11.8 Å². The fraction of sp³-hybridized carbons (Fsp3) is 0.400. The molecule has 0 spiro atoms. The number of carbonyl (C=O) groups excluding carboxylic acids is 1. The number of benzene rings is 1. The number of amides is 1. The number of aromatic nitrogens is 2. The molecule has 6 nitrogen and oxygen atoms in total. The summed E-state index contributed by atoms with van der Waals surface area (Å²) in [4.78, 5) is 12.7. The smallest absolute Gasteiger partial charge is 0.275 e. The van der Waals surface area contributed by atoms with Gasteiger partial charge in [-0.05, 0) is 25.0 Å². The highest BCUT2D eigenvalue weighted by atomic mass is 16.4. The molecule has 2 aromatic rings. The maximum atomic E-state index is 11.7. The van der Waals surface area contributed by atoms with Crippen molar-refractivity contribution in [3.63, 3.8) is 0 Å². The van der Waals surface area contributed by atoms with E-state index in [2.05, 4.69) is 15.5 Å². The third kappa shape index (κ3) is 3.88. The van der Waals surface area contributed by atoms with E-state index in [4.69, 9.17) is 4.42 Å². The second kappa shape index (κ2) is 6.05. The first-order valence-electron chi connectivity index (χ1n) is 7.19. The predicted molar refractivity (Wildman–Crippen MR) is 76.4 cm³/mol. The van der Waals surface area contributed by atoms with E-state index in [1.165, 1.54) is 0 Å². The number of quaternary nitrogens is 1. The average molecular weight is 287 g/mol. The summed E-state index contributed by atoms with van der Waals surface area (Å²) in [6, 6.07) is 10.1. The van der Waals surface area contributed by atoms with Crippen LogP contribution < -0.4 is 10.2 Å². The Balaban J connectivity index is 1.55. The quantitative estimate of drug-likeness (QED) is 0.786. The maximum absolute atomic E-state index is 11.7. The van der Waals surface area contributed by atoms with Crippen LogP contribution in [0.4, 0.5) is 0 Å². The van der Waals surface area contributed by atoms with Crippen LogP contribution in [0, 0.1) is 0 Å². The van der Waals surface area contributed by atoms with Gasteiger partial charge in [0.15, 0.2) is 13.1 Å². The number of rotatable bonds is 6. The molecule has 6 heteroatoms. The molecule has 0 aliphatic heterocycles. The minimum Gasteiger partial charge on any atom is -0.415 e. The molecule has 1 aromatic heterocycles. The van der Waals surface area contributed by atoms with Crippen molar-refractivity contribution in [2.75, 3.05) is 13.6 Å². The van der Waals surface area contributed by atoms with Crippen molar-refractivity contribution in [3.05, 3.63) is 36.2 Å².